The number of nitrogens with one attached hydrogen (secondary N) is 1. The van der Waals surface area contributed by atoms with Crippen LogP contribution in [0.1, 0.15) is 5.56 Å². The molecule has 1 aliphatic heterocycles. The molecule has 20 heavy (non-hydrogen) atoms. The molecule has 0 aliphatic carbocycles. The highest BCUT2D eigenvalue weighted by molar-refractivity contribution is 5.41. The summed E-state index contributed by atoms with van der Waals surface area (Å²) in [5.74, 6) is 0.363. The number of dihydropyridines is 1. The second kappa shape index (κ2) is 4.71. The summed E-state index contributed by atoms with van der Waals surface area (Å²) in [5.41, 5.74) is 9.64. The lowest BCUT2D eigenvalue weighted by molar-refractivity contribution is -0.0891. The SMILES string of the molecule is COc1ccc(C2(N)NC=C(C(F)(F)F)C=C2N)cn1. The quantitative estimate of drug-likeness (QED) is 0.758. The molecule has 1 unspecified atom stereocenters. The fourth-order valence-corrected chi connectivity index (χ4v) is 1.75. The first kappa shape index (κ1) is 14.2. The number of pyridine rings is 1. The third kappa shape index (κ3) is 2.42. The minimum atomic E-state index is -4.49. The van der Waals surface area contributed by atoms with Crippen LogP contribution in [-0.4, -0.2) is 18.3 Å². The maximum absolute atomic E-state index is 12.6. The zero-order valence-corrected chi connectivity index (χ0v) is 10.5. The van der Waals surface area contributed by atoms with E-state index in [4.69, 9.17) is 16.2 Å². The zero-order chi connectivity index (χ0) is 15.0. The zero-order valence-electron chi connectivity index (χ0n) is 10.5. The Labute approximate surface area is 113 Å². The van der Waals surface area contributed by atoms with Crippen LogP contribution in [0.15, 0.2) is 41.9 Å². The predicted molar refractivity (Wildman–Crippen MR) is 66.2 cm³/mol. The fourth-order valence-electron chi connectivity index (χ4n) is 1.75. The van der Waals surface area contributed by atoms with Crippen LogP contribution < -0.4 is 21.5 Å². The van der Waals surface area contributed by atoms with Crippen molar-refractivity contribution in [1.82, 2.24) is 10.3 Å². The molecule has 0 aromatic carbocycles. The normalized spacial score (nSPS) is 22.6. The van der Waals surface area contributed by atoms with Crippen molar-refractivity contribution in [2.45, 2.75) is 11.8 Å². The van der Waals surface area contributed by atoms with E-state index in [0.717, 1.165) is 12.3 Å². The summed E-state index contributed by atoms with van der Waals surface area (Å²) in [6, 6.07) is 3.12. The molecule has 1 aliphatic rings. The van der Waals surface area contributed by atoms with Gasteiger partial charge in [-0.2, -0.15) is 13.2 Å². The van der Waals surface area contributed by atoms with E-state index in [9.17, 15) is 13.2 Å². The molecule has 108 valence electrons. The molecule has 1 atom stereocenters. The average Bonchev–Trinajstić information content (AvgIpc) is 2.41. The number of nitrogens with zero attached hydrogens (tertiary/aromatic N) is 1. The van der Waals surface area contributed by atoms with Crippen molar-refractivity contribution in [3.05, 3.63) is 47.4 Å². The number of allylic oxidation sites excluding steroid dienone is 2. The number of nitrogens with two attached hydrogens (primary N) is 2. The van der Waals surface area contributed by atoms with Crippen LogP contribution in [0, 0.1) is 0 Å². The van der Waals surface area contributed by atoms with Gasteiger partial charge in [0.2, 0.25) is 5.88 Å². The molecule has 8 heteroatoms. The third-order valence-corrected chi connectivity index (χ3v) is 2.95. The monoisotopic (exact) mass is 286 g/mol. The Kier molecular flexibility index (Phi) is 3.34. The highest BCUT2D eigenvalue weighted by Gasteiger charge is 2.39. The molecule has 0 saturated carbocycles. The van der Waals surface area contributed by atoms with Crippen molar-refractivity contribution in [3.8, 4) is 5.88 Å². The van der Waals surface area contributed by atoms with Crippen molar-refractivity contribution in [3.63, 3.8) is 0 Å². The Hall–Kier alpha value is -2.22. The molecule has 5 N–H and O–H groups in total. The first-order chi connectivity index (χ1) is 9.27. The van der Waals surface area contributed by atoms with Gasteiger partial charge < -0.3 is 15.8 Å². The maximum Gasteiger partial charge on any atom is 0.417 e. The summed E-state index contributed by atoms with van der Waals surface area (Å²) >= 11 is 0. The first-order valence-corrected chi connectivity index (χ1v) is 5.59. The Bertz CT molecular complexity index is 565. The van der Waals surface area contributed by atoms with Gasteiger partial charge in [-0.1, -0.05) is 0 Å². The summed E-state index contributed by atoms with van der Waals surface area (Å²) < 4.78 is 42.7. The smallest absolute Gasteiger partial charge is 0.417 e. The van der Waals surface area contributed by atoms with E-state index in [1.165, 1.54) is 13.3 Å². The van der Waals surface area contributed by atoms with E-state index in [2.05, 4.69) is 10.3 Å². The molecule has 2 rings (SSSR count). The second-order valence-corrected chi connectivity index (χ2v) is 4.24. The maximum atomic E-state index is 12.6. The van der Waals surface area contributed by atoms with Gasteiger partial charge in [0.25, 0.3) is 0 Å². The Balaban J connectivity index is 2.33. The van der Waals surface area contributed by atoms with Crippen LogP contribution >= 0.6 is 0 Å². The fraction of sp³-hybridized carbons (Fsp3) is 0.250. The van der Waals surface area contributed by atoms with Gasteiger partial charge in [0.05, 0.1) is 18.4 Å². The van der Waals surface area contributed by atoms with Gasteiger partial charge in [-0.05, 0) is 12.1 Å². The number of halogens is 3. The highest BCUT2D eigenvalue weighted by Crippen LogP contribution is 2.32. The molecular formula is C12H13F3N4O. The Morgan fingerprint density at radius 1 is 1.35 bits per heavy atom. The van der Waals surface area contributed by atoms with Gasteiger partial charge in [-0.15, -0.1) is 0 Å². The molecular weight excluding hydrogens is 273 g/mol. The molecule has 0 saturated heterocycles. The standard InChI is InChI=1S/C12H13F3N4O/c1-20-10-3-2-7(5-18-10)11(17)9(16)4-8(6-19-11)12(13,14)15/h2-6,19H,16-17H2,1H3. The van der Waals surface area contributed by atoms with E-state index in [1.807, 2.05) is 0 Å². The molecule has 0 bridgehead atoms. The predicted octanol–water partition coefficient (Wildman–Crippen LogP) is 1.09. The lowest BCUT2D eigenvalue weighted by atomic mass is 9.94. The highest BCUT2D eigenvalue weighted by atomic mass is 19.4. The van der Waals surface area contributed by atoms with Crippen molar-refractivity contribution >= 4 is 0 Å². The molecule has 1 aromatic rings. The minimum absolute atomic E-state index is 0.153. The molecule has 0 radical (unpaired) electrons. The number of methoxy groups -OCH3 is 1. The summed E-state index contributed by atoms with van der Waals surface area (Å²) in [7, 11) is 1.45. The van der Waals surface area contributed by atoms with Gasteiger partial charge in [0, 0.05) is 24.0 Å². The van der Waals surface area contributed by atoms with Crippen molar-refractivity contribution < 1.29 is 17.9 Å². The van der Waals surface area contributed by atoms with E-state index >= 15 is 0 Å². The van der Waals surface area contributed by atoms with Crippen LogP contribution in [0.2, 0.25) is 0 Å². The number of rotatable bonds is 2. The largest absolute Gasteiger partial charge is 0.481 e. The Morgan fingerprint density at radius 3 is 2.50 bits per heavy atom. The van der Waals surface area contributed by atoms with E-state index in [1.54, 1.807) is 12.1 Å². The van der Waals surface area contributed by atoms with Crippen LogP contribution in [0.4, 0.5) is 13.2 Å². The molecule has 5 nitrogen and oxygen atoms in total. The topological polar surface area (TPSA) is 86.2 Å². The summed E-state index contributed by atoms with van der Waals surface area (Å²) in [6.45, 7) is 0. The average molecular weight is 286 g/mol. The van der Waals surface area contributed by atoms with E-state index in [-0.39, 0.29) is 5.70 Å². The van der Waals surface area contributed by atoms with Crippen LogP contribution in [-0.2, 0) is 5.66 Å². The lowest BCUT2D eigenvalue weighted by Crippen LogP contribution is -2.54. The first-order valence-electron chi connectivity index (χ1n) is 5.59. The third-order valence-electron chi connectivity index (χ3n) is 2.95. The van der Waals surface area contributed by atoms with Gasteiger partial charge in [0.1, 0.15) is 0 Å². The molecule has 0 amide bonds. The van der Waals surface area contributed by atoms with Gasteiger partial charge in [0.15, 0.2) is 5.66 Å². The molecule has 0 fully saturated rings. The number of aromatic nitrogens is 1. The summed E-state index contributed by atoms with van der Waals surface area (Å²) in [4.78, 5) is 3.95. The lowest BCUT2D eigenvalue weighted by Gasteiger charge is -2.34. The molecule has 1 aromatic heterocycles. The molecule has 2 heterocycles. The van der Waals surface area contributed by atoms with Gasteiger partial charge >= 0.3 is 6.18 Å². The van der Waals surface area contributed by atoms with Crippen molar-refractivity contribution in [2.75, 3.05) is 7.11 Å². The van der Waals surface area contributed by atoms with Crippen LogP contribution in [0.25, 0.3) is 0 Å². The van der Waals surface area contributed by atoms with E-state index in [0.29, 0.717) is 11.4 Å². The van der Waals surface area contributed by atoms with Gasteiger partial charge in [-0.3, -0.25) is 5.73 Å². The number of alkyl halides is 3. The van der Waals surface area contributed by atoms with Crippen molar-refractivity contribution in [1.29, 1.82) is 0 Å². The summed E-state index contributed by atoms with van der Waals surface area (Å²) in [6.07, 6.45) is -1.50. The number of ether oxygens (including phenoxy) is 1. The van der Waals surface area contributed by atoms with Gasteiger partial charge in [-0.25, -0.2) is 4.98 Å². The van der Waals surface area contributed by atoms with E-state index < -0.39 is 17.4 Å². The van der Waals surface area contributed by atoms with Crippen LogP contribution in [0.5, 0.6) is 5.88 Å². The number of hydrogen-bond donors (Lipinski definition) is 3. The second-order valence-electron chi connectivity index (χ2n) is 4.24. The number of hydrogen-bond acceptors (Lipinski definition) is 5. The minimum Gasteiger partial charge on any atom is -0.481 e. The Morgan fingerprint density at radius 2 is 2.05 bits per heavy atom. The van der Waals surface area contributed by atoms with Crippen molar-refractivity contribution in [2.24, 2.45) is 11.5 Å². The van der Waals surface area contributed by atoms with Crippen LogP contribution in [0.3, 0.4) is 0 Å². The molecule has 0 spiro atoms. The summed E-state index contributed by atoms with van der Waals surface area (Å²) in [5, 5.41) is 2.48.